The van der Waals surface area contributed by atoms with E-state index in [1.54, 1.807) is 0 Å². The van der Waals surface area contributed by atoms with Gasteiger partial charge in [-0.2, -0.15) is 0 Å². The molecule has 94 valence electrons. The molecular formula is C12H17BrN2O2. The molecule has 4 nitrogen and oxygen atoms in total. The van der Waals surface area contributed by atoms with Gasteiger partial charge < -0.3 is 15.6 Å². The zero-order valence-corrected chi connectivity index (χ0v) is 11.4. The molecule has 1 aromatic rings. The normalized spacial score (nSPS) is 18.8. The van der Waals surface area contributed by atoms with Crippen molar-refractivity contribution >= 4 is 15.9 Å². The van der Waals surface area contributed by atoms with E-state index in [0.29, 0.717) is 0 Å². The third kappa shape index (κ3) is 2.98. The van der Waals surface area contributed by atoms with E-state index in [1.807, 2.05) is 18.2 Å². The Labute approximate surface area is 109 Å². The van der Waals surface area contributed by atoms with Crippen LogP contribution in [-0.2, 0) is 0 Å². The fourth-order valence-electron chi connectivity index (χ4n) is 1.84. The monoisotopic (exact) mass is 300 g/mol. The predicted molar refractivity (Wildman–Crippen MR) is 70.1 cm³/mol. The van der Waals surface area contributed by atoms with E-state index in [2.05, 4.69) is 27.9 Å². The van der Waals surface area contributed by atoms with Crippen molar-refractivity contribution in [1.29, 1.82) is 0 Å². The molecule has 1 fully saturated rings. The Morgan fingerprint density at radius 1 is 1.59 bits per heavy atom. The van der Waals surface area contributed by atoms with Gasteiger partial charge in [0.05, 0.1) is 17.1 Å². The lowest BCUT2D eigenvalue weighted by molar-refractivity contribution is 0.0383. The van der Waals surface area contributed by atoms with Crippen LogP contribution in [0.25, 0.3) is 0 Å². The summed E-state index contributed by atoms with van der Waals surface area (Å²) in [5.41, 5.74) is 6.65. The van der Waals surface area contributed by atoms with Gasteiger partial charge in [-0.25, -0.2) is 0 Å². The van der Waals surface area contributed by atoms with Crippen LogP contribution in [0, 0.1) is 0 Å². The van der Waals surface area contributed by atoms with Gasteiger partial charge in [0.25, 0.3) is 0 Å². The van der Waals surface area contributed by atoms with E-state index < -0.39 is 0 Å². The molecule has 1 unspecified atom stereocenters. The lowest BCUT2D eigenvalue weighted by Gasteiger charge is -2.36. The van der Waals surface area contributed by atoms with Crippen molar-refractivity contribution in [2.75, 3.05) is 26.7 Å². The SMILES string of the molecule is CN1CC(Oc2ccc(C(N)CO)cc2Br)C1. The molecule has 0 spiro atoms. The van der Waals surface area contributed by atoms with Crippen molar-refractivity contribution in [1.82, 2.24) is 4.90 Å². The number of rotatable bonds is 4. The maximum Gasteiger partial charge on any atom is 0.134 e. The Hall–Kier alpha value is -0.620. The number of hydrogen-bond donors (Lipinski definition) is 2. The van der Waals surface area contributed by atoms with Crippen molar-refractivity contribution in [3.63, 3.8) is 0 Å². The summed E-state index contributed by atoms with van der Waals surface area (Å²) in [6, 6.07) is 5.35. The van der Waals surface area contributed by atoms with Gasteiger partial charge in [-0.15, -0.1) is 0 Å². The smallest absolute Gasteiger partial charge is 0.134 e. The summed E-state index contributed by atoms with van der Waals surface area (Å²) in [6.45, 7) is 1.87. The first-order valence-electron chi connectivity index (χ1n) is 5.61. The molecule has 1 heterocycles. The summed E-state index contributed by atoms with van der Waals surface area (Å²) in [5.74, 6) is 0.831. The molecule has 17 heavy (non-hydrogen) atoms. The lowest BCUT2D eigenvalue weighted by atomic mass is 10.1. The summed E-state index contributed by atoms with van der Waals surface area (Å²) < 4.78 is 6.71. The van der Waals surface area contributed by atoms with Crippen LogP contribution in [-0.4, -0.2) is 42.9 Å². The van der Waals surface area contributed by atoms with Crippen molar-refractivity contribution in [3.8, 4) is 5.75 Å². The number of benzene rings is 1. The van der Waals surface area contributed by atoms with Gasteiger partial charge in [-0.1, -0.05) is 6.07 Å². The van der Waals surface area contributed by atoms with Crippen LogP contribution in [0.3, 0.4) is 0 Å². The Balaban J connectivity index is 2.04. The summed E-state index contributed by atoms with van der Waals surface area (Å²) >= 11 is 3.47. The summed E-state index contributed by atoms with van der Waals surface area (Å²) in [6.07, 6.45) is 0.272. The lowest BCUT2D eigenvalue weighted by Crippen LogP contribution is -2.51. The molecule has 0 aliphatic carbocycles. The third-order valence-electron chi connectivity index (χ3n) is 2.91. The molecule has 1 saturated heterocycles. The second-order valence-electron chi connectivity index (χ2n) is 4.44. The second-order valence-corrected chi connectivity index (χ2v) is 5.29. The van der Waals surface area contributed by atoms with Crippen LogP contribution in [0.1, 0.15) is 11.6 Å². The van der Waals surface area contributed by atoms with Crippen LogP contribution in [0.4, 0.5) is 0 Å². The van der Waals surface area contributed by atoms with Crippen LogP contribution in [0.5, 0.6) is 5.75 Å². The second kappa shape index (κ2) is 5.35. The zero-order valence-electron chi connectivity index (χ0n) is 9.77. The highest BCUT2D eigenvalue weighted by Gasteiger charge is 2.25. The molecule has 1 atom stereocenters. The van der Waals surface area contributed by atoms with E-state index in [-0.39, 0.29) is 18.8 Å². The Kier molecular flexibility index (Phi) is 4.04. The van der Waals surface area contributed by atoms with Gasteiger partial charge in [0.1, 0.15) is 11.9 Å². The molecule has 1 aliphatic heterocycles. The highest BCUT2D eigenvalue weighted by atomic mass is 79.9. The largest absolute Gasteiger partial charge is 0.487 e. The Bertz CT molecular complexity index is 394. The van der Waals surface area contributed by atoms with Crippen molar-refractivity contribution in [2.45, 2.75) is 12.1 Å². The minimum absolute atomic E-state index is 0.0555. The highest BCUT2D eigenvalue weighted by molar-refractivity contribution is 9.10. The number of aliphatic hydroxyl groups is 1. The van der Waals surface area contributed by atoms with Crippen LogP contribution < -0.4 is 10.5 Å². The quantitative estimate of drug-likeness (QED) is 0.875. The number of likely N-dealkylation sites (tertiary alicyclic amines) is 1. The first-order chi connectivity index (χ1) is 8.10. The van der Waals surface area contributed by atoms with E-state index in [9.17, 15) is 0 Å². The maximum atomic E-state index is 8.99. The van der Waals surface area contributed by atoms with Gasteiger partial charge in [0, 0.05) is 13.1 Å². The number of ether oxygens (including phenoxy) is 1. The van der Waals surface area contributed by atoms with Crippen molar-refractivity contribution in [2.24, 2.45) is 5.73 Å². The molecule has 1 aliphatic rings. The molecule has 1 aromatic carbocycles. The Morgan fingerprint density at radius 2 is 2.29 bits per heavy atom. The zero-order chi connectivity index (χ0) is 12.4. The van der Waals surface area contributed by atoms with Crippen molar-refractivity contribution in [3.05, 3.63) is 28.2 Å². The average Bonchev–Trinajstić information content (AvgIpc) is 2.28. The Morgan fingerprint density at radius 3 is 2.82 bits per heavy atom. The van der Waals surface area contributed by atoms with Crippen LogP contribution in [0.2, 0.25) is 0 Å². The van der Waals surface area contributed by atoms with E-state index in [0.717, 1.165) is 28.9 Å². The van der Waals surface area contributed by atoms with E-state index in [1.165, 1.54) is 0 Å². The summed E-state index contributed by atoms with van der Waals surface area (Å²) in [4.78, 5) is 2.20. The number of nitrogens with zero attached hydrogens (tertiary/aromatic N) is 1. The fourth-order valence-corrected chi connectivity index (χ4v) is 2.33. The minimum atomic E-state index is -0.338. The maximum absolute atomic E-state index is 8.99. The molecule has 0 aromatic heterocycles. The standard InChI is InChI=1S/C12H17BrN2O2/c1-15-5-9(6-15)17-12-3-2-8(4-10(12)13)11(14)7-16/h2-4,9,11,16H,5-7,14H2,1H3. The predicted octanol–water partition coefficient (Wildman–Crippen LogP) is 1.13. The highest BCUT2D eigenvalue weighted by Crippen LogP contribution is 2.29. The van der Waals surface area contributed by atoms with Gasteiger partial charge in [0.2, 0.25) is 0 Å². The number of likely N-dealkylation sites (N-methyl/N-ethyl adjacent to an activating group) is 1. The molecule has 5 heteroatoms. The molecule has 2 rings (SSSR count). The van der Waals surface area contributed by atoms with E-state index >= 15 is 0 Å². The summed E-state index contributed by atoms with van der Waals surface area (Å²) in [7, 11) is 2.07. The molecule has 3 N–H and O–H groups in total. The molecule has 0 radical (unpaired) electrons. The van der Waals surface area contributed by atoms with Gasteiger partial charge in [-0.05, 0) is 40.7 Å². The summed E-state index contributed by atoms with van der Waals surface area (Å²) in [5, 5.41) is 8.99. The van der Waals surface area contributed by atoms with Crippen molar-refractivity contribution < 1.29 is 9.84 Å². The number of halogens is 1. The van der Waals surface area contributed by atoms with Gasteiger partial charge in [0.15, 0.2) is 0 Å². The first-order valence-corrected chi connectivity index (χ1v) is 6.40. The van der Waals surface area contributed by atoms with Crippen LogP contribution >= 0.6 is 15.9 Å². The van der Waals surface area contributed by atoms with Gasteiger partial charge >= 0.3 is 0 Å². The number of nitrogens with two attached hydrogens (primary N) is 1. The molecule has 0 saturated carbocycles. The topological polar surface area (TPSA) is 58.7 Å². The van der Waals surface area contributed by atoms with Gasteiger partial charge in [-0.3, -0.25) is 4.90 Å². The molecule has 0 amide bonds. The number of aliphatic hydroxyl groups excluding tert-OH is 1. The number of hydrogen-bond acceptors (Lipinski definition) is 4. The third-order valence-corrected chi connectivity index (χ3v) is 3.52. The van der Waals surface area contributed by atoms with E-state index in [4.69, 9.17) is 15.6 Å². The fraction of sp³-hybridized carbons (Fsp3) is 0.500. The van der Waals surface area contributed by atoms with Crippen LogP contribution in [0.15, 0.2) is 22.7 Å². The first kappa shape index (κ1) is 12.8. The molecular weight excluding hydrogens is 284 g/mol. The average molecular weight is 301 g/mol. The minimum Gasteiger partial charge on any atom is -0.487 e. The molecule has 0 bridgehead atoms.